The fraction of sp³-hybridized carbons (Fsp3) is 0.429. The molecular formula is C21H32CoN5O5-. The molecule has 0 aliphatic heterocycles. The Morgan fingerprint density at radius 3 is 1.38 bits per heavy atom. The van der Waals surface area contributed by atoms with Crippen LogP contribution >= 0.6 is 0 Å². The Morgan fingerprint density at radius 2 is 1.22 bits per heavy atom. The average molecular weight is 493 g/mol. The van der Waals surface area contributed by atoms with Gasteiger partial charge in [0, 0.05) is 29.2 Å². The van der Waals surface area contributed by atoms with E-state index in [-0.39, 0.29) is 22.7 Å². The van der Waals surface area contributed by atoms with Crippen molar-refractivity contribution in [2.24, 2.45) is 26.5 Å². The van der Waals surface area contributed by atoms with Gasteiger partial charge in [-0.2, -0.15) is 6.42 Å². The Morgan fingerprint density at radius 1 is 0.812 bits per heavy atom. The number of nitrogens with zero attached hydrogens (tertiary/aromatic N) is 5. The summed E-state index contributed by atoms with van der Waals surface area (Å²) in [7, 11) is 0. The number of carbonyl (C=O) groups is 1. The number of pyridine rings is 1. The smallest absolute Gasteiger partial charge is 0.130 e. The Hall–Kier alpha value is -3.05. The van der Waals surface area contributed by atoms with Crippen LogP contribution in [0.2, 0.25) is 0 Å². The number of aromatic nitrogens is 1. The van der Waals surface area contributed by atoms with Gasteiger partial charge in [0.1, 0.15) is 28.6 Å². The van der Waals surface area contributed by atoms with Crippen LogP contribution in [-0.2, 0) is 21.6 Å². The second kappa shape index (κ2) is 22.6. The minimum Gasteiger partial charge on any atom is -0.500 e. The topological polar surface area (TPSA) is 160 Å². The standard InChI is InChI=1S/C8H11O.C5H5N.2C4H8N2O2.Co/c1-7(9)8-5-3-2-4-6-8;1-2-4-6-5-3-1;2*1-3(5-7)4(2)6-8;/h2,8H,3,5-6H2,1H3;1-5H;2*7-8H,1-2H3;/q-1;;;;/b;;2*5-3+,6-4+;. The fourth-order valence-electron chi connectivity index (χ4n) is 1.66. The van der Waals surface area contributed by atoms with Gasteiger partial charge in [0.25, 0.3) is 0 Å². The zero-order valence-electron chi connectivity index (χ0n) is 18.9. The van der Waals surface area contributed by atoms with Crippen LogP contribution < -0.4 is 0 Å². The third-order valence-corrected chi connectivity index (χ3v) is 3.96. The first-order valence-corrected chi connectivity index (χ1v) is 9.40. The molecule has 1 heterocycles. The first-order chi connectivity index (χ1) is 14.7. The number of hydrogen-bond acceptors (Lipinski definition) is 10. The van der Waals surface area contributed by atoms with Crippen molar-refractivity contribution >= 4 is 28.6 Å². The first kappa shape index (κ1) is 33.6. The summed E-state index contributed by atoms with van der Waals surface area (Å²) >= 11 is 0. The van der Waals surface area contributed by atoms with Gasteiger partial charge in [-0.15, -0.1) is 0 Å². The van der Waals surface area contributed by atoms with E-state index in [1.165, 1.54) is 27.7 Å². The van der Waals surface area contributed by atoms with Crippen molar-refractivity contribution in [1.29, 1.82) is 0 Å². The van der Waals surface area contributed by atoms with E-state index in [1.807, 2.05) is 24.3 Å². The molecule has 4 N–H and O–H groups in total. The predicted octanol–water partition coefficient (Wildman–Crippen LogP) is 4.19. The van der Waals surface area contributed by atoms with Gasteiger partial charge in [-0.3, -0.25) is 15.9 Å². The van der Waals surface area contributed by atoms with Crippen molar-refractivity contribution in [1.82, 2.24) is 4.98 Å². The SMILES string of the molecule is CC(=N\O)/C(C)=N/O.CC(=N\O)/C(C)=N/O.CC(=O)C1C[C-]=CCC1.[Co].c1ccncc1. The van der Waals surface area contributed by atoms with Gasteiger partial charge < -0.3 is 26.9 Å². The third-order valence-electron chi connectivity index (χ3n) is 3.96. The van der Waals surface area contributed by atoms with Gasteiger partial charge in [-0.1, -0.05) is 33.1 Å². The molecule has 181 valence electrons. The van der Waals surface area contributed by atoms with Crippen LogP contribution in [0.4, 0.5) is 0 Å². The van der Waals surface area contributed by atoms with Crippen LogP contribution in [0.5, 0.6) is 0 Å². The van der Waals surface area contributed by atoms with E-state index < -0.39 is 0 Å². The Labute approximate surface area is 199 Å². The number of Topliss-reactive ketones (excluding diaryl/α,β-unsaturated/α-hetero) is 1. The molecule has 10 nitrogen and oxygen atoms in total. The molecule has 1 atom stereocenters. The summed E-state index contributed by atoms with van der Waals surface area (Å²) in [5, 5.41) is 43.3. The minimum absolute atomic E-state index is 0. The summed E-state index contributed by atoms with van der Waals surface area (Å²) in [6.07, 6.45) is 11.5. The monoisotopic (exact) mass is 493 g/mol. The van der Waals surface area contributed by atoms with Crippen LogP contribution in [0.15, 0.2) is 57.3 Å². The van der Waals surface area contributed by atoms with Crippen LogP contribution in [0.25, 0.3) is 0 Å². The Bertz CT molecular complexity index is 674. The molecule has 0 saturated heterocycles. The molecule has 2 rings (SSSR count). The number of ketones is 1. The molecule has 1 aromatic rings. The molecule has 1 aliphatic carbocycles. The van der Waals surface area contributed by atoms with Crippen molar-refractivity contribution in [3.63, 3.8) is 0 Å². The second-order valence-electron chi connectivity index (χ2n) is 6.26. The van der Waals surface area contributed by atoms with E-state index in [4.69, 9.17) is 20.8 Å². The average Bonchev–Trinajstić information content (AvgIpc) is 2.84. The van der Waals surface area contributed by atoms with Crippen molar-refractivity contribution < 1.29 is 42.4 Å². The molecule has 0 bridgehead atoms. The summed E-state index contributed by atoms with van der Waals surface area (Å²) < 4.78 is 0. The van der Waals surface area contributed by atoms with Gasteiger partial charge >= 0.3 is 0 Å². The molecule has 32 heavy (non-hydrogen) atoms. The van der Waals surface area contributed by atoms with Crippen LogP contribution in [0.1, 0.15) is 53.9 Å². The number of hydrogen-bond donors (Lipinski definition) is 4. The van der Waals surface area contributed by atoms with E-state index in [0.29, 0.717) is 28.6 Å². The maximum atomic E-state index is 10.7. The van der Waals surface area contributed by atoms with Crippen molar-refractivity contribution in [3.8, 4) is 0 Å². The van der Waals surface area contributed by atoms with E-state index in [2.05, 4.69) is 31.7 Å². The first-order valence-electron chi connectivity index (χ1n) is 9.40. The van der Waals surface area contributed by atoms with Crippen molar-refractivity contribution in [2.45, 2.75) is 53.9 Å². The zero-order chi connectivity index (χ0) is 24.1. The van der Waals surface area contributed by atoms with Gasteiger partial charge in [-0.25, -0.2) is 0 Å². The van der Waals surface area contributed by atoms with Crippen molar-refractivity contribution in [2.75, 3.05) is 0 Å². The maximum absolute atomic E-state index is 10.7. The fourth-order valence-corrected chi connectivity index (χ4v) is 1.66. The van der Waals surface area contributed by atoms with Gasteiger partial charge in [-0.05, 0) is 59.1 Å². The molecular weight excluding hydrogens is 461 g/mol. The molecule has 1 unspecified atom stereocenters. The van der Waals surface area contributed by atoms with E-state index in [1.54, 1.807) is 19.3 Å². The summed E-state index contributed by atoms with van der Waals surface area (Å²) in [5.41, 5.74) is 1.25. The normalized spacial score (nSPS) is 16.0. The third kappa shape index (κ3) is 18.9. The van der Waals surface area contributed by atoms with E-state index in [9.17, 15) is 4.79 Å². The molecule has 1 aliphatic rings. The molecule has 0 aromatic carbocycles. The van der Waals surface area contributed by atoms with Crippen molar-refractivity contribution in [3.05, 3.63) is 42.7 Å². The molecule has 0 amide bonds. The summed E-state index contributed by atoms with van der Waals surface area (Å²) in [6.45, 7) is 7.81. The second-order valence-corrected chi connectivity index (χ2v) is 6.26. The number of rotatable bonds is 3. The Balaban J connectivity index is -0.000000350. The largest absolute Gasteiger partial charge is 0.500 e. The van der Waals surface area contributed by atoms with E-state index >= 15 is 0 Å². The van der Waals surface area contributed by atoms with Crippen LogP contribution in [0, 0.1) is 12.0 Å². The number of oxime groups is 4. The molecule has 0 spiro atoms. The summed E-state index contributed by atoms with van der Waals surface area (Å²) in [6, 6.07) is 5.72. The van der Waals surface area contributed by atoms with Gasteiger partial charge in [0.15, 0.2) is 0 Å². The molecule has 1 aromatic heterocycles. The molecule has 1 radical (unpaired) electrons. The predicted molar refractivity (Wildman–Crippen MR) is 120 cm³/mol. The summed E-state index contributed by atoms with van der Waals surface area (Å²) in [5.74, 6) is 0.589. The molecule has 0 fully saturated rings. The molecule has 0 saturated carbocycles. The maximum Gasteiger partial charge on any atom is 0.130 e. The Kier molecular flexibility index (Phi) is 23.7. The zero-order valence-corrected chi connectivity index (χ0v) is 20.0. The van der Waals surface area contributed by atoms with Crippen LogP contribution in [-0.4, -0.2) is 54.4 Å². The van der Waals surface area contributed by atoms with E-state index in [0.717, 1.165) is 19.3 Å². The quantitative estimate of drug-likeness (QED) is 0.214. The minimum atomic E-state index is 0. The van der Waals surface area contributed by atoms with Gasteiger partial charge in [0.05, 0.1) is 0 Å². The van der Waals surface area contributed by atoms with Crippen LogP contribution in [0.3, 0.4) is 0 Å². The molecule has 11 heteroatoms. The van der Waals surface area contributed by atoms with Gasteiger partial charge in [0.2, 0.25) is 0 Å². The summed E-state index contributed by atoms with van der Waals surface area (Å²) in [4.78, 5) is 14.5. The number of allylic oxidation sites excluding steroid dienone is 2. The number of carbonyl (C=O) groups excluding carboxylic acids is 1.